The van der Waals surface area contributed by atoms with E-state index in [2.05, 4.69) is 35.8 Å². The highest BCUT2D eigenvalue weighted by Crippen LogP contribution is 2.23. The summed E-state index contributed by atoms with van der Waals surface area (Å²) in [6.45, 7) is 0.546. The largest absolute Gasteiger partial charge is 0.497 e. The van der Waals surface area contributed by atoms with Crippen LogP contribution in [0.1, 0.15) is 11.6 Å². The van der Waals surface area contributed by atoms with Crippen molar-refractivity contribution in [2.75, 3.05) is 25.2 Å². The second-order valence-electron chi connectivity index (χ2n) is 4.43. The molecule has 0 spiro atoms. The standard InChI is InChI=1S/C16H20N2OS/c1-19-14-7-5-13(6-8-14)18-16(11-17)12-3-9-15(20-2)10-4-12/h3-10,16,18H,11,17H2,1-2H3. The fourth-order valence-electron chi connectivity index (χ4n) is 2.00. The summed E-state index contributed by atoms with van der Waals surface area (Å²) in [5, 5.41) is 3.45. The summed E-state index contributed by atoms with van der Waals surface area (Å²) in [5.41, 5.74) is 8.12. The number of benzene rings is 2. The molecule has 0 fully saturated rings. The SMILES string of the molecule is COc1ccc(NC(CN)c2ccc(SC)cc2)cc1. The van der Waals surface area contributed by atoms with Gasteiger partial charge in [-0.3, -0.25) is 0 Å². The normalized spacial score (nSPS) is 11.9. The van der Waals surface area contributed by atoms with Crippen molar-refractivity contribution in [2.24, 2.45) is 5.73 Å². The highest BCUT2D eigenvalue weighted by atomic mass is 32.2. The molecule has 2 rings (SSSR count). The van der Waals surface area contributed by atoms with E-state index in [0.717, 1.165) is 11.4 Å². The fraction of sp³-hybridized carbons (Fsp3) is 0.250. The van der Waals surface area contributed by atoms with Crippen molar-refractivity contribution in [1.29, 1.82) is 0 Å². The first kappa shape index (κ1) is 14.8. The van der Waals surface area contributed by atoms with Gasteiger partial charge in [0.15, 0.2) is 0 Å². The molecule has 3 N–H and O–H groups in total. The van der Waals surface area contributed by atoms with Gasteiger partial charge in [-0.15, -0.1) is 11.8 Å². The first-order valence-electron chi connectivity index (χ1n) is 6.51. The van der Waals surface area contributed by atoms with E-state index >= 15 is 0 Å². The average molecular weight is 288 g/mol. The molecule has 0 aliphatic rings. The Morgan fingerprint density at radius 3 is 2.25 bits per heavy atom. The maximum absolute atomic E-state index is 5.89. The van der Waals surface area contributed by atoms with Crippen LogP contribution in [0.15, 0.2) is 53.4 Å². The smallest absolute Gasteiger partial charge is 0.119 e. The third-order valence-electron chi connectivity index (χ3n) is 3.18. The van der Waals surface area contributed by atoms with Gasteiger partial charge < -0.3 is 15.8 Å². The summed E-state index contributed by atoms with van der Waals surface area (Å²) in [6.07, 6.45) is 2.07. The third kappa shape index (κ3) is 3.68. The van der Waals surface area contributed by atoms with Crippen LogP contribution in [0.3, 0.4) is 0 Å². The van der Waals surface area contributed by atoms with Gasteiger partial charge in [0, 0.05) is 17.1 Å². The van der Waals surface area contributed by atoms with E-state index in [9.17, 15) is 0 Å². The molecule has 1 unspecified atom stereocenters. The van der Waals surface area contributed by atoms with Crippen LogP contribution >= 0.6 is 11.8 Å². The second-order valence-corrected chi connectivity index (χ2v) is 5.31. The zero-order valence-corrected chi connectivity index (χ0v) is 12.6. The monoisotopic (exact) mass is 288 g/mol. The number of methoxy groups -OCH3 is 1. The number of ether oxygens (including phenoxy) is 1. The van der Waals surface area contributed by atoms with E-state index in [1.54, 1.807) is 18.9 Å². The minimum Gasteiger partial charge on any atom is -0.497 e. The molecule has 2 aromatic carbocycles. The van der Waals surface area contributed by atoms with Gasteiger partial charge in [0.1, 0.15) is 5.75 Å². The van der Waals surface area contributed by atoms with E-state index in [0.29, 0.717) is 6.54 Å². The van der Waals surface area contributed by atoms with Crippen LogP contribution in [0.5, 0.6) is 5.75 Å². The lowest BCUT2D eigenvalue weighted by atomic mass is 10.1. The summed E-state index contributed by atoms with van der Waals surface area (Å²) in [4.78, 5) is 1.26. The Morgan fingerprint density at radius 2 is 1.75 bits per heavy atom. The van der Waals surface area contributed by atoms with Gasteiger partial charge in [-0.2, -0.15) is 0 Å². The van der Waals surface area contributed by atoms with Crippen molar-refractivity contribution in [2.45, 2.75) is 10.9 Å². The van der Waals surface area contributed by atoms with Crippen molar-refractivity contribution < 1.29 is 4.74 Å². The van der Waals surface area contributed by atoms with Crippen LogP contribution in [0.4, 0.5) is 5.69 Å². The Balaban J connectivity index is 2.10. The minimum atomic E-state index is 0.110. The number of nitrogens with one attached hydrogen (secondary N) is 1. The van der Waals surface area contributed by atoms with Gasteiger partial charge in [-0.25, -0.2) is 0 Å². The van der Waals surface area contributed by atoms with Crippen LogP contribution in [0.25, 0.3) is 0 Å². The van der Waals surface area contributed by atoms with Crippen molar-refractivity contribution in [1.82, 2.24) is 0 Å². The van der Waals surface area contributed by atoms with E-state index in [-0.39, 0.29) is 6.04 Å². The summed E-state index contributed by atoms with van der Waals surface area (Å²) < 4.78 is 5.16. The fourth-order valence-corrected chi connectivity index (χ4v) is 2.41. The topological polar surface area (TPSA) is 47.3 Å². The second kappa shape index (κ2) is 7.22. The van der Waals surface area contributed by atoms with Crippen molar-refractivity contribution in [3.63, 3.8) is 0 Å². The van der Waals surface area contributed by atoms with Crippen LogP contribution in [0.2, 0.25) is 0 Å². The number of rotatable bonds is 6. The predicted molar refractivity (Wildman–Crippen MR) is 86.6 cm³/mol. The molecule has 0 bridgehead atoms. The molecule has 2 aromatic rings. The van der Waals surface area contributed by atoms with Gasteiger partial charge in [0.2, 0.25) is 0 Å². The molecule has 0 aliphatic heterocycles. The van der Waals surface area contributed by atoms with Crippen LogP contribution in [0, 0.1) is 0 Å². The molecule has 4 heteroatoms. The Morgan fingerprint density at radius 1 is 1.10 bits per heavy atom. The molecule has 0 saturated heterocycles. The first-order chi connectivity index (χ1) is 9.76. The zero-order valence-electron chi connectivity index (χ0n) is 11.8. The zero-order chi connectivity index (χ0) is 14.4. The van der Waals surface area contributed by atoms with Crippen molar-refractivity contribution in [3.8, 4) is 5.75 Å². The van der Waals surface area contributed by atoms with Crippen molar-refractivity contribution >= 4 is 17.4 Å². The van der Waals surface area contributed by atoms with Gasteiger partial charge in [0.25, 0.3) is 0 Å². The summed E-state index contributed by atoms with van der Waals surface area (Å²) in [5.74, 6) is 0.851. The lowest BCUT2D eigenvalue weighted by Gasteiger charge is -2.19. The average Bonchev–Trinajstić information content (AvgIpc) is 2.53. The molecule has 0 saturated carbocycles. The molecule has 0 amide bonds. The molecule has 0 aromatic heterocycles. The molecule has 0 aliphatic carbocycles. The summed E-state index contributed by atoms with van der Waals surface area (Å²) >= 11 is 1.74. The molecule has 20 heavy (non-hydrogen) atoms. The molecular weight excluding hydrogens is 268 g/mol. The summed E-state index contributed by atoms with van der Waals surface area (Å²) in [6, 6.07) is 16.5. The van der Waals surface area contributed by atoms with Crippen LogP contribution < -0.4 is 15.8 Å². The maximum atomic E-state index is 5.89. The lowest BCUT2D eigenvalue weighted by molar-refractivity contribution is 0.415. The van der Waals surface area contributed by atoms with Crippen LogP contribution in [-0.2, 0) is 0 Å². The van der Waals surface area contributed by atoms with Gasteiger partial charge in [0.05, 0.1) is 13.2 Å². The Hall–Kier alpha value is -1.65. The van der Waals surface area contributed by atoms with E-state index in [1.165, 1.54) is 10.5 Å². The molecule has 106 valence electrons. The molecule has 0 radical (unpaired) electrons. The Kier molecular flexibility index (Phi) is 5.32. The predicted octanol–water partition coefficient (Wildman–Crippen LogP) is 3.53. The number of nitrogens with two attached hydrogens (primary N) is 1. The van der Waals surface area contributed by atoms with Gasteiger partial charge in [-0.1, -0.05) is 12.1 Å². The molecular formula is C16H20N2OS. The van der Waals surface area contributed by atoms with Crippen LogP contribution in [-0.4, -0.2) is 19.9 Å². The lowest BCUT2D eigenvalue weighted by Crippen LogP contribution is -2.20. The third-order valence-corrected chi connectivity index (χ3v) is 3.93. The highest BCUT2D eigenvalue weighted by molar-refractivity contribution is 7.98. The van der Waals surface area contributed by atoms with Gasteiger partial charge >= 0.3 is 0 Å². The molecule has 3 nitrogen and oxygen atoms in total. The minimum absolute atomic E-state index is 0.110. The molecule has 0 heterocycles. The van der Waals surface area contributed by atoms with E-state index in [4.69, 9.17) is 10.5 Å². The van der Waals surface area contributed by atoms with E-state index in [1.807, 2.05) is 24.3 Å². The number of anilines is 1. The first-order valence-corrected chi connectivity index (χ1v) is 7.74. The van der Waals surface area contributed by atoms with Gasteiger partial charge in [-0.05, 0) is 48.2 Å². The number of hydrogen-bond acceptors (Lipinski definition) is 4. The quantitative estimate of drug-likeness (QED) is 0.798. The number of hydrogen-bond donors (Lipinski definition) is 2. The Labute approximate surface area is 124 Å². The maximum Gasteiger partial charge on any atom is 0.119 e. The number of thioether (sulfide) groups is 1. The Bertz CT molecular complexity index is 525. The van der Waals surface area contributed by atoms with Crippen molar-refractivity contribution in [3.05, 3.63) is 54.1 Å². The van der Waals surface area contributed by atoms with E-state index < -0.39 is 0 Å². The molecule has 1 atom stereocenters. The summed E-state index contributed by atoms with van der Waals surface area (Å²) in [7, 11) is 1.67. The highest BCUT2D eigenvalue weighted by Gasteiger charge is 2.09.